The number of para-hydroxylation sites is 1. The van der Waals surface area contributed by atoms with E-state index in [0.717, 1.165) is 29.4 Å². The number of fused-ring (bicyclic) bond motifs is 6. The molecule has 3 fully saturated rings. The van der Waals surface area contributed by atoms with Gasteiger partial charge in [0.05, 0.1) is 25.9 Å². The minimum Gasteiger partial charge on any atom is -0.506 e. The summed E-state index contributed by atoms with van der Waals surface area (Å²) in [5.41, 5.74) is -2.77. The number of alkyl halides is 1. The van der Waals surface area contributed by atoms with Crippen LogP contribution in [-0.4, -0.2) is 120 Å². The third-order valence-corrected chi connectivity index (χ3v) is 16.5. The van der Waals surface area contributed by atoms with Crippen molar-refractivity contribution in [3.63, 3.8) is 0 Å². The smallest absolute Gasteiger partial charge is 0.344 e. The Bertz CT molecular complexity index is 2320. The van der Waals surface area contributed by atoms with Crippen molar-refractivity contribution in [2.75, 3.05) is 52.3 Å². The highest BCUT2D eigenvalue weighted by Gasteiger charge is 2.81. The Morgan fingerprint density at radius 3 is 2.42 bits per heavy atom. The number of H-pyrrole nitrogens is 1. The third-order valence-electron chi connectivity index (χ3n) is 15.2. The van der Waals surface area contributed by atoms with Gasteiger partial charge in [-0.1, -0.05) is 67.7 Å². The van der Waals surface area contributed by atoms with Crippen LogP contribution in [0.2, 0.25) is 5.02 Å². The van der Waals surface area contributed by atoms with Gasteiger partial charge in [0.15, 0.2) is 6.10 Å². The molecule has 0 radical (unpaired) electrons. The predicted molar refractivity (Wildman–Crippen MR) is 224 cm³/mol. The lowest BCUT2D eigenvalue weighted by atomic mass is 9.47. The number of halogens is 3. The van der Waals surface area contributed by atoms with E-state index in [2.05, 4.69) is 21.7 Å². The van der Waals surface area contributed by atoms with E-state index >= 15 is 4.79 Å². The highest BCUT2D eigenvalue weighted by molar-refractivity contribution is 6.35. The molecule has 2 saturated heterocycles. The van der Waals surface area contributed by atoms with Crippen molar-refractivity contribution < 1.29 is 38.8 Å². The average Bonchev–Trinajstić information content (AvgIpc) is 3.86. The minimum absolute atomic E-state index is 0.0490. The van der Waals surface area contributed by atoms with Gasteiger partial charge >= 0.3 is 17.9 Å². The topological polar surface area (TPSA) is 145 Å². The SMILES string of the molecule is CCC1CN2Cc3c([nH]c4ccccc34)[C@@](C(=O)OC)(c3cc4c(c(Cl)c3O)N(C)[C@H]3[C@@](O)(C(=O)OC)[C@H](OC(C)=O)[C@]5(CC)C=C(Cl)CN6CC[C@]43[C@H]65)CC(C2)C1Cl. The van der Waals surface area contributed by atoms with Crippen molar-refractivity contribution in [3.8, 4) is 5.75 Å². The maximum Gasteiger partial charge on any atom is 0.344 e. The molecule has 0 amide bonds. The number of aromatic nitrogens is 1. The lowest BCUT2D eigenvalue weighted by molar-refractivity contribution is -0.228. The first-order chi connectivity index (χ1) is 28.1. The summed E-state index contributed by atoms with van der Waals surface area (Å²) in [6, 6.07) is 8.21. The van der Waals surface area contributed by atoms with E-state index in [1.165, 1.54) is 21.1 Å². The minimum atomic E-state index is -2.46. The van der Waals surface area contributed by atoms with Crippen molar-refractivity contribution in [2.24, 2.45) is 17.3 Å². The largest absolute Gasteiger partial charge is 0.506 e. The number of aromatic hydroxyl groups is 1. The number of anilines is 1. The number of hydrogen-bond acceptors (Lipinski definition) is 11. The summed E-state index contributed by atoms with van der Waals surface area (Å²) in [6.07, 6.45) is 2.23. The number of likely N-dealkylation sites (N-methyl/N-ethyl adjacent to an activating group) is 1. The first kappa shape index (κ1) is 40.9. The van der Waals surface area contributed by atoms with Gasteiger partial charge in [-0.05, 0) is 60.9 Å². The van der Waals surface area contributed by atoms with Crippen LogP contribution in [0.3, 0.4) is 0 Å². The molecule has 1 saturated carbocycles. The second-order valence-corrected chi connectivity index (χ2v) is 19.1. The second kappa shape index (κ2) is 14.0. The fraction of sp³-hybridized carbons (Fsp3) is 0.568. The monoisotopic (exact) mass is 868 g/mol. The summed E-state index contributed by atoms with van der Waals surface area (Å²) in [5, 5.41) is 27.2. The van der Waals surface area contributed by atoms with Crippen LogP contribution >= 0.6 is 34.8 Å². The molecule has 6 aliphatic rings. The van der Waals surface area contributed by atoms with Gasteiger partial charge in [0, 0.05) is 89.6 Å². The van der Waals surface area contributed by atoms with Crippen molar-refractivity contribution in [2.45, 2.75) is 93.0 Å². The molecule has 3 aromatic rings. The van der Waals surface area contributed by atoms with Crippen molar-refractivity contribution in [1.29, 1.82) is 0 Å². The summed E-state index contributed by atoms with van der Waals surface area (Å²) in [6.45, 7) is 8.19. The number of aliphatic hydroxyl groups is 1. The van der Waals surface area contributed by atoms with Gasteiger partial charge in [-0.15, -0.1) is 11.6 Å². The number of nitrogens with one attached hydrogen (secondary N) is 1. The number of phenols is 1. The molecule has 12 nitrogen and oxygen atoms in total. The van der Waals surface area contributed by atoms with Crippen LogP contribution in [0, 0.1) is 17.3 Å². The Balaban J connectivity index is 1.38. The van der Waals surface area contributed by atoms with Gasteiger partial charge in [-0.25, -0.2) is 4.79 Å². The van der Waals surface area contributed by atoms with E-state index in [0.29, 0.717) is 61.0 Å². The van der Waals surface area contributed by atoms with Crippen molar-refractivity contribution in [3.05, 3.63) is 68.8 Å². The lowest BCUT2D eigenvalue weighted by Crippen LogP contribution is -2.81. The van der Waals surface area contributed by atoms with E-state index < -0.39 is 57.9 Å². The predicted octanol–water partition coefficient (Wildman–Crippen LogP) is 5.97. The molecular weight excluding hydrogens is 819 g/mol. The van der Waals surface area contributed by atoms with Gasteiger partial charge in [0.2, 0.25) is 5.60 Å². The van der Waals surface area contributed by atoms with Crippen molar-refractivity contribution >= 4 is 69.3 Å². The van der Waals surface area contributed by atoms with Crippen LogP contribution < -0.4 is 4.90 Å². The average molecular weight is 870 g/mol. The van der Waals surface area contributed by atoms with Crippen LogP contribution in [0.25, 0.3) is 10.9 Å². The number of nitrogens with zero attached hydrogens (tertiary/aromatic N) is 3. The highest BCUT2D eigenvalue weighted by atomic mass is 35.5. The number of phenolic OH excluding ortho intramolecular Hbond substituents is 1. The van der Waals surface area contributed by atoms with Crippen LogP contribution in [0.4, 0.5) is 5.69 Å². The maximum absolute atomic E-state index is 15.2. The Morgan fingerprint density at radius 1 is 1.02 bits per heavy atom. The summed E-state index contributed by atoms with van der Waals surface area (Å²) in [7, 11) is 4.27. The summed E-state index contributed by atoms with van der Waals surface area (Å²) in [4.78, 5) is 52.6. The number of methoxy groups -OCH3 is 2. The molecule has 5 aliphatic heterocycles. The van der Waals surface area contributed by atoms with Crippen LogP contribution in [0.5, 0.6) is 5.75 Å². The third kappa shape index (κ3) is 5.16. The van der Waals surface area contributed by atoms with E-state index in [1.807, 2.05) is 43.3 Å². The quantitative estimate of drug-likeness (QED) is 0.153. The lowest BCUT2D eigenvalue weighted by Gasteiger charge is -2.63. The Labute approximate surface area is 358 Å². The number of piperidine rings is 1. The zero-order valence-corrected chi connectivity index (χ0v) is 36.4. The standard InChI is InChI=1S/C44H51Cl3N4O8/c1-7-23-18-50-19-24(31(23)46)16-43(39(54)57-5,35-27(21-50)26-11-9-10-12-30(26)48-35)29-15-28-33(32(47)34(29)53)49(4)37-42(28)13-14-51-20-25(45)17-41(8-2,36(42)51)38(59-22(3)52)44(37,56)40(55)58-6/h9-12,15,17,23-24,31,36-38,48,53,56H,7-8,13-14,16,18-21H2,1-6H3/t23?,24?,31?,36-,37-,38-,41-,42-,43+,44+/m1/s1. The zero-order chi connectivity index (χ0) is 42.1. The van der Waals surface area contributed by atoms with Gasteiger partial charge < -0.3 is 34.3 Å². The molecule has 59 heavy (non-hydrogen) atoms. The van der Waals surface area contributed by atoms with Crippen LogP contribution in [-0.2, 0) is 46.0 Å². The van der Waals surface area contributed by atoms with Crippen LogP contribution in [0.15, 0.2) is 41.4 Å². The number of ether oxygens (including phenoxy) is 3. The zero-order valence-electron chi connectivity index (χ0n) is 34.1. The number of esters is 3. The molecular formula is C44H51Cl3N4O8. The Kier molecular flexibility index (Phi) is 9.70. The highest BCUT2D eigenvalue weighted by Crippen LogP contribution is 2.70. The fourth-order valence-electron chi connectivity index (χ4n) is 13.2. The normalized spacial score (nSPS) is 37.0. The van der Waals surface area contributed by atoms with Gasteiger partial charge in [-0.3, -0.25) is 19.4 Å². The summed E-state index contributed by atoms with van der Waals surface area (Å²) >= 11 is 21.8. The molecule has 3 N–H and O–H groups in total. The summed E-state index contributed by atoms with van der Waals surface area (Å²) in [5.74, 6) is -2.61. The molecule has 2 aromatic carbocycles. The Morgan fingerprint density at radius 2 is 1.75 bits per heavy atom. The van der Waals surface area contributed by atoms with Gasteiger partial charge in [0.1, 0.15) is 16.2 Å². The number of aromatic amines is 1. The number of hydrogen-bond donors (Lipinski definition) is 3. The molecule has 11 atom stereocenters. The number of rotatable bonds is 6. The molecule has 1 aliphatic carbocycles. The number of benzene rings is 2. The molecule has 6 heterocycles. The molecule has 4 unspecified atom stereocenters. The molecule has 1 spiro atoms. The molecule has 15 heteroatoms. The van der Waals surface area contributed by atoms with E-state index in [1.54, 1.807) is 11.9 Å². The van der Waals surface area contributed by atoms with E-state index in [-0.39, 0.29) is 40.0 Å². The maximum atomic E-state index is 15.2. The second-order valence-electron chi connectivity index (χ2n) is 17.7. The molecule has 9 rings (SSSR count). The Hall–Kier alpha value is -3.52. The molecule has 1 aromatic heterocycles. The van der Waals surface area contributed by atoms with Gasteiger partial charge in [0.25, 0.3) is 0 Å². The fourth-order valence-corrected chi connectivity index (χ4v) is 14.3. The van der Waals surface area contributed by atoms with Crippen LogP contribution in [0.1, 0.15) is 68.8 Å². The molecule has 316 valence electrons. The number of carbonyl (C=O) groups is 3. The first-order valence-electron chi connectivity index (χ1n) is 20.5. The summed E-state index contributed by atoms with van der Waals surface area (Å²) < 4.78 is 17.3. The number of carbonyl (C=O) groups excluding carboxylic acids is 3. The van der Waals surface area contributed by atoms with E-state index in [9.17, 15) is 19.8 Å². The van der Waals surface area contributed by atoms with Crippen molar-refractivity contribution in [1.82, 2.24) is 14.8 Å². The van der Waals surface area contributed by atoms with Gasteiger partial charge in [-0.2, -0.15) is 0 Å². The molecule has 2 bridgehead atoms. The first-order valence-corrected chi connectivity index (χ1v) is 21.7. The van der Waals surface area contributed by atoms with E-state index in [4.69, 9.17) is 49.0 Å².